The molecule has 0 saturated carbocycles. The first-order chi connectivity index (χ1) is 8.52. The quantitative estimate of drug-likeness (QED) is 0.623. The summed E-state index contributed by atoms with van der Waals surface area (Å²) in [7, 11) is 0. The highest BCUT2D eigenvalue weighted by Gasteiger charge is 2.20. The molecule has 0 radical (unpaired) electrons. The maximum atomic E-state index is 12.0. The van der Waals surface area contributed by atoms with Crippen molar-refractivity contribution in [3.8, 4) is 0 Å². The molecule has 0 aliphatic rings. The highest BCUT2D eigenvalue weighted by atomic mass is 32.2. The highest BCUT2D eigenvalue weighted by molar-refractivity contribution is 7.99. The number of carbonyl (C=O) groups is 2. The lowest BCUT2D eigenvalue weighted by Crippen LogP contribution is -2.41. The second kappa shape index (κ2) is 10.2. The van der Waals surface area contributed by atoms with Gasteiger partial charge in [-0.1, -0.05) is 20.3 Å². The molecule has 1 amide bonds. The zero-order chi connectivity index (χ0) is 14.0. The Kier molecular flexibility index (Phi) is 9.83. The molecule has 0 aliphatic carbocycles. The lowest BCUT2D eigenvalue weighted by Gasteiger charge is -2.26. The van der Waals surface area contributed by atoms with Crippen LogP contribution in [-0.2, 0) is 9.59 Å². The summed E-state index contributed by atoms with van der Waals surface area (Å²) in [5.41, 5.74) is 0. The Hall–Kier alpha value is -0.710. The minimum absolute atomic E-state index is 0.00533. The van der Waals surface area contributed by atoms with Crippen molar-refractivity contribution >= 4 is 23.6 Å². The van der Waals surface area contributed by atoms with Crippen molar-refractivity contribution in [1.82, 2.24) is 4.90 Å². The zero-order valence-electron chi connectivity index (χ0n) is 11.6. The van der Waals surface area contributed by atoms with Crippen LogP contribution in [0.2, 0.25) is 0 Å². The predicted molar refractivity (Wildman–Crippen MR) is 76.0 cm³/mol. The third-order valence-electron chi connectivity index (χ3n) is 2.85. The van der Waals surface area contributed by atoms with Crippen LogP contribution in [0, 0.1) is 0 Å². The minimum Gasteiger partial charge on any atom is -0.480 e. The van der Waals surface area contributed by atoms with Crippen molar-refractivity contribution in [2.75, 3.05) is 18.1 Å². The highest BCUT2D eigenvalue weighted by Crippen LogP contribution is 2.10. The standard InChI is InChI=1S/C13H25NO3S/c1-4-6-8-18-9-7-12(15)14(10-13(16)17)11(3)5-2/h11H,4-10H2,1-3H3,(H,16,17). The molecule has 18 heavy (non-hydrogen) atoms. The molecule has 1 N–H and O–H groups in total. The molecular formula is C13H25NO3S. The molecule has 1 unspecified atom stereocenters. The van der Waals surface area contributed by atoms with Crippen molar-refractivity contribution < 1.29 is 14.7 Å². The van der Waals surface area contributed by atoms with Crippen LogP contribution in [-0.4, -0.2) is 46.0 Å². The number of unbranched alkanes of at least 4 members (excludes halogenated alkanes) is 1. The summed E-state index contributed by atoms with van der Waals surface area (Å²) in [6, 6.07) is -0.00533. The Labute approximate surface area is 114 Å². The number of amides is 1. The molecule has 0 aromatic heterocycles. The van der Waals surface area contributed by atoms with Crippen molar-refractivity contribution in [2.45, 2.75) is 52.5 Å². The number of hydrogen-bond donors (Lipinski definition) is 1. The summed E-state index contributed by atoms with van der Waals surface area (Å²) in [4.78, 5) is 24.2. The molecule has 1 atom stereocenters. The van der Waals surface area contributed by atoms with Gasteiger partial charge in [-0.2, -0.15) is 11.8 Å². The van der Waals surface area contributed by atoms with E-state index < -0.39 is 5.97 Å². The van der Waals surface area contributed by atoms with Gasteiger partial charge in [0.25, 0.3) is 0 Å². The molecule has 0 heterocycles. The fourth-order valence-corrected chi connectivity index (χ4v) is 2.52. The number of carbonyl (C=O) groups excluding carboxylic acids is 1. The molecule has 5 heteroatoms. The number of aliphatic carboxylic acids is 1. The summed E-state index contributed by atoms with van der Waals surface area (Å²) in [6.07, 6.45) is 3.55. The number of thioether (sulfide) groups is 1. The predicted octanol–water partition coefficient (Wildman–Crippen LogP) is 2.62. The van der Waals surface area contributed by atoms with E-state index in [1.807, 2.05) is 13.8 Å². The number of hydrogen-bond acceptors (Lipinski definition) is 3. The Balaban J connectivity index is 4.09. The van der Waals surface area contributed by atoms with Crippen LogP contribution in [0.25, 0.3) is 0 Å². The molecule has 0 aliphatic heterocycles. The summed E-state index contributed by atoms with van der Waals surface area (Å²) in [6.45, 7) is 5.81. The molecule has 0 aromatic carbocycles. The Morgan fingerprint density at radius 3 is 2.44 bits per heavy atom. The third-order valence-corrected chi connectivity index (χ3v) is 3.92. The Bertz CT molecular complexity index is 259. The van der Waals surface area contributed by atoms with E-state index in [1.165, 1.54) is 17.7 Å². The molecule has 106 valence electrons. The van der Waals surface area contributed by atoms with E-state index in [-0.39, 0.29) is 18.5 Å². The van der Waals surface area contributed by atoms with Gasteiger partial charge in [0.1, 0.15) is 6.54 Å². The van der Waals surface area contributed by atoms with Gasteiger partial charge < -0.3 is 10.0 Å². The van der Waals surface area contributed by atoms with Crippen molar-refractivity contribution in [1.29, 1.82) is 0 Å². The number of nitrogens with zero attached hydrogens (tertiary/aromatic N) is 1. The smallest absolute Gasteiger partial charge is 0.323 e. The van der Waals surface area contributed by atoms with E-state index in [2.05, 4.69) is 6.92 Å². The second-order valence-electron chi connectivity index (χ2n) is 4.39. The Morgan fingerprint density at radius 1 is 1.28 bits per heavy atom. The van der Waals surface area contributed by atoms with E-state index >= 15 is 0 Å². The molecule has 0 bridgehead atoms. The second-order valence-corrected chi connectivity index (χ2v) is 5.61. The largest absolute Gasteiger partial charge is 0.480 e. The van der Waals surface area contributed by atoms with Crippen molar-refractivity contribution in [3.05, 3.63) is 0 Å². The van der Waals surface area contributed by atoms with Gasteiger partial charge in [-0.3, -0.25) is 9.59 Å². The van der Waals surface area contributed by atoms with Crippen molar-refractivity contribution in [2.24, 2.45) is 0 Å². The van der Waals surface area contributed by atoms with Gasteiger partial charge in [-0.25, -0.2) is 0 Å². The SMILES string of the molecule is CCCCSCCC(=O)N(CC(=O)O)C(C)CC. The van der Waals surface area contributed by atoms with E-state index in [0.29, 0.717) is 6.42 Å². The average molecular weight is 275 g/mol. The maximum Gasteiger partial charge on any atom is 0.323 e. The third kappa shape index (κ3) is 7.58. The molecular weight excluding hydrogens is 250 g/mol. The topological polar surface area (TPSA) is 57.6 Å². The van der Waals surface area contributed by atoms with Gasteiger partial charge in [0, 0.05) is 18.2 Å². The van der Waals surface area contributed by atoms with Crippen LogP contribution in [0.3, 0.4) is 0 Å². The lowest BCUT2D eigenvalue weighted by molar-refractivity contribution is -0.145. The van der Waals surface area contributed by atoms with Gasteiger partial charge in [-0.05, 0) is 25.5 Å². The van der Waals surface area contributed by atoms with Crippen LogP contribution in [0.1, 0.15) is 46.5 Å². The van der Waals surface area contributed by atoms with Gasteiger partial charge in [-0.15, -0.1) is 0 Å². The Morgan fingerprint density at radius 2 is 1.94 bits per heavy atom. The minimum atomic E-state index is -0.942. The molecule has 0 saturated heterocycles. The summed E-state index contributed by atoms with van der Waals surface area (Å²) >= 11 is 1.77. The maximum absolute atomic E-state index is 12.0. The average Bonchev–Trinajstić information content (AvgIpc) is 2.34. The van der Waals surface area contributed by atoms with E-state index in [1.54, 1.807) is 11.8 Å². The molecule has 0 aromatic rings. The number of rotatable bonds is 10. The van der Waals surface area contributed by atoms with Gasteiger partial charge in [0.05, 0.1) is 0 Å². The summed E-state index contributed by atoms with van der Waals surface area (Å²) < 4.78 is 0. The first-order valence-electron chi connectivity index (χ1n) is 6.61. The fraction of sp³-hybridized carbons (Fsp3) is 0.846. The van der Waals surface area contributed by atoms with E-state index in [0.717, 1.165) is 17.9 Å². The number of carboxylic acid groups (broad SMARTS) is 1. The van der Waals surface area contributed by atoms with E-state index in [9.17, 15) is 9.59 Å². The van der Waals surface area contributed by atoms with Gasteiger partial charge in [0.2, 0.25) is 5.91 Å². The van der Waals surface area contributed by atoms with Gasteiger partial charge in [0.15, 0.2) is 0 Å². The first-order valence-corrected chi connectivity index (χ1v) is 7.77. The van der Waals surface area contributed by atoms with Crippen molar-refractivity contribution in [3.63, 3.8) is 0 Å². The zero-order valence-corrected chi connectivity index (χ0v) is 12.5. The monoisotopic (exact) mass is 275 g/mol. The molecule has 4 nitrogen and oxygen atoms in total. The molecule has 0 rings (SSSR count). The normalized spacial score (nSPS) is 12.2. The van der Waals surface area contributed by atoms with Crippen LogP contribution in [0.5, 0.6) is 0 Å². The summed E-state index contributed by atoms with van der Waals surface area (Å²) in [5.74, 6) is 0.871. The van der Waals surface area contributed by atoms with Crippen LogP contribution in [0.15, 0.2) is 0 Å². The first kappa shape index (κ1) is 17.3. The van der Waals surface area contributed by atoms with E-state index in [4.69, 9.17) is 5.11 Å². The number of carboxylic acids is 1. The van der Waals surface area contributed by atoms with Gasteiger partial charge >= 0.3 is 5.97 Å². The lowest BCUT2D eigenvalue weighted by atomic mass is 10.2. The summed E-state index contributed by atoms with van der Waals surface area (Å²) in [5, 5.41) is 8.82. The van der Waals surface area contributed by atoms with Crippen LogP contribution < -0.4 is 0 Å². The molecule has 0 fully saturated rings. The van der Waals surface area contributed by atoms with Crippen LogP contribution in [0.4, 0.5) is 0 Å². The molecule has 0 spiro atoms. The fourth-order valence-electron chi connectivity index (χ4n) is 1.51. The van der Waals surface area contributed by atoms with Crippen LogP contribution >= 0.6 is 11.8 Å².